The highest BCUT2D eigenvalue weighted by atomic mass is 35.5. The third-order valence-corrected chi connectivity index (χ3v) is 3.70. The monoisotopic (exact) mass is 339 g/mol. The van der Waals surface area contributed by atoms with Gasteiger partial charge in [0.05, 0.1) is 26.3 Å². The van der Waals surface area contributed by atoms with Crippen molar-refractivity contribution < 1.29 is 9.72 Å². The van der Waals surface area contributed by atoms with Crippen LogP contribution >= 0.6 is 23.2 Å². The molecule has 0 spiro atoms. The summed E-state index contributed by atoms with van der Waals surface area (Å²) in [6.45, 7) is 1.73. The molecule has 0 radical (unpaired) electrons. The lowest BCUT2D eigenvalue weighted by atomic mass is 10.2. The number of carbonyl (C=O) groups excluding carboxylic acids is 1. The van der Waals surface area contributed by atoms with Crippen LogP contribution in [0.15, 0.2) is 36.4 Å². The molecule has 8 heteroatoms. The molecule has 2 amide bonds. The summed E-state index contributed by atoms with van der Waals surface area (Å²) in [5, 5.41) is 16.4. The summed E-state index contributed by atoms with van der Waals surface area (Å²) < 4.78 is 0. The standard InChI is InChI=1S/C14H11Cl2N3O3/c1-8-5-6-9(19(21)22)7-12(8)18-14(20)17-11-4-2-3-10(15)13(11)16/h2-7H,1H3,(H2,17,18,20). The number of amides is 2. The Morgan fingerprint density at radius 3 is 2.50 bits per heavy atom. The zero-order valence-corrected chi connectivity index (χ0v) is 12.9. The largest absolute Gasteiger partial charge is 0.323 e. The molecule has 0 unspecified atom stereocenters. The minimum Gasteiger partial charge on any atom is -0.307 e. The maximum absolute atomic E-state index is 12.0. The van der Waals surface area contributed by atoms with Gasteiger partial charge in [-0.3, -0.25) is 10.1 Å². The second-order valence-electron chi connectivity index (χ2n) is 4.44. The Hall–Kier alpha value is -2.31. The Bertz CT molecular complexity index is 750. The number of nitro benzene ring substituents is 1. The van der Waals surface area contributed by atoms with Crippen LogP contribution in [0, 0.1) is 17.0 Å². The molecule has 0 saturated heterocycles. The molecule has 0 fully saturated rings. The first-order valence-corrected chi connectivity index (χ1v) is 6.91. The number of halogens is 2. The number of aryl methyl sites for hydroxylation is 1. The molecule has 0 aliphatic carbocycles. The zero-order chi connectivity index (χ0) is 16.3. The van der Waals surface area contributed by atoms with Crippen molar-refractivity contribution in [3.63, 3.8) is 0 Å². The quantitative estimate of drug-likeness (QED) is 0.618. The Kier molecular flexibility index (Phi) is 4.85. The van der Waals surface area contributed by atoms with Crippen molar-refractivity contribution >= 4 is 46.3 Å². The number of carbonyl (C=O) groups is 1. The summed E-state index contributed by atoms with van der Waals surface area (Å²) in [6.07, 6.45) is 0. The molecule has 22 heavy (non-hydrogen) atoms. The first kappa shape index (κ1) is 16.1. The van der Waals surface area contributed by atoms with Gasteiger partial charge in [-0.05, 0) is 24.6 Å². The van der Waals surface area contributed by atoms with Crippen molar-refractivity contribution in [3.05, 3.63) is 62.1 Å². The smallest absolute Gasteiger partial charge is 0.307 e. The van der Waals surface area contributed by atoms with Crippen LogP contribution in [0.25, 0.3) is 0 Å². The second kappa shape index (κ2) is 6.64. The number of nitro groups is 1. The molecule has 0 saturated carbocycles. The minimum absolute atomic E-state index is 0.110. The molecule has 0 heterocycles. The molecule has 0 aliphatic rings. The summed E-state index contributed by atoms with van der Waals surface area (Å²) >= 11 is 11.8. The highest BCUT2D eigenvalue weighted by molar-refractivity contribution is 6.44. The van der Waals surface area contributed by atoms with E-state index in [0.717, 1.165) is 0 Å². The van der Waals surface area contributed by atoms with E-state index < -0.39 is 11.0 Å². The van der Waals surface area contributed by atoms with Crippen molar-refractivity contribution in [1.82, 2.24) is 0 Å². The third kappa shape index (κ3) is 3.66. The van der Waals surface area contributed by atoms with Gasteiger partial charge < -0.3 is 10.6 Å². The van der Waals surface area contributed by atoms with Gasteiger partial charge in [0.1, 0.15) is 0 Å². The van der Waals surface area contributed by atoms with Crippen LogP contribution in [0.5, 0.6) is 0 Å². The summed E-state index contributed by atoms with van der Waals surface area (Å²) in [7, 11) is 0. The van der Waals surface area contributed by atoms with E-state index in [2.05, 4.69) is 10.6 Å². The van der Waals surface area contributed by atoms with E-state index in [4.69, 9.17) is 23.2 Å². The van der Waals surface area contributed by atoms with Crippen LogP contribution in [-0.2, 0) is 0 Å². The van der Waals surface area contributed by atoms with Gasteiger partial charge in [-0.25, -0.2) is 4.79 Å². The predicted octanol–water partition coefficient (Wildman–Crippen LogP) is 4.85. The number of non-ortho nitro benzene ring substituents is 1. The Morgan fingerprint density at radius 1 is 1.14 bits per heavy atom. The number of benzene rings is 2. The molecule has 6 nitrogen and oxygen atoms in total. The molecule has 2 N–H and O–H groups in total. The minimum atomic E-state index is -0.576. The van der Waals surface area contributed by atoms with Crippen molar-refractivity contribution in [3.8, 4) is 0 Å². The highest BCUT2D eigenvalue weighted by Gasteiger charge is 2.12. The number of nitrogens with one attached hydrogen (secondary N) is 2. The summed E-state index contributed by atoms with van der Waals surface area (Å²) in [6, 6.07) is 8.46. The molecule has 2 aromatic rings. The van der Waals surface area contributed by atoms with Gasteiger partial charge >= 0.3 is 6.03 Å². The fourth-order valence-electron chi connectivity index (χ4n) is 1.73. The van der Waals surface area contributed by atoms with Gasteiger partial charge in [0.2, 0.25) is 0 Å². The number of hydrogen-bond donors (Lipinski definition) is 2. The molecule has 0 aromatic heterocycles. The number of anilines is 2. The Labute approximate surface area is 136 Å². The zero-order valence-electron chi connectivity index (χ0n) is 11.4. The van der Waals surface area contributed by atoms with E-state index in [1.165, 1.54) is 12.1 Å². The van der Waals surface area contributed by atoms with Gasteiger partial charge in [0.25, 0.3) is 5.69 Å². The Balaban J connectivity index is 2.17. The van der Waals surface area contributed by atoms with Crippen LogP contribution in [0.4, 0.5) is 21.9 Å². The van der Waals surface area contributed by atoms with Crippen LogP contribution in [0.1, 0.15) is 5.56 Å². The molecular weight excluding hydrogens is 329 g/mol. The maximum atomic E-state index is 12.0. The van der Waals surface area contributed by atoms with Crippen LogP contribution in [-0.4, -0.2) is 11.0 Å². The number of hydrogen-bond acceptors (Lipinski definition) is 3. The van der Waals surface area contributed by atoms with E-state index in [0.29, 0.717) is 22.0 Å². The van der Waals surface area contributed by atoms with E-state index in [-0.39, 0.29) is 10.7 Å². The lowest BCUT2D eigenvalue weighted by molar-refractivity contribution is -0.384. The first-order valence-electron chi connectivity index (χ1n) is 6.15. The van der Waals surface area contributed by atoms with Gasteiger partial charge in [-0.2, -0.15) is 0 Å². The number of rotatable bonds is 3. The van der Waals surface area contributed by atoms with Crippen molar-refractivity contribution in [2.75, 3.05) is 10.6 Å². The summed E-state index contributed by atoms with van der Waals surface area (Å²) in [5.74, 6) is 0. The number of nitrogens with zero attached hydrogens (tertiary/aromatic N) is 1. The van der Waals surface area contributed by atoms with Gasteiger partial charge in [0.15, 0.2) is 0 Å². The molecule has 2 aromatic carbocycles. The van der Waals surface area contributed by atoms with Crippen LogP contribution in [0.3, 0.4) is 0 Å². The van der Waals surface area contributed by atoms with E-state index in [1.54, 1.807) is 31.2 Å². The van der Waals surface area contributed by atoms with Gasteiger partial charge in [-0.15, -0.1) is 0 Å². The average molecular weight is 340 g/mol. The number of urea groups is 1. The molecule has 114 valence electrons. The average Bonchev–Trinajstić information content (AvgIpc) is 2.46. The van der Waals surface area contributed by atoms with E-state index in [9.17, 15) is 14.9 Å². The van der Waals surface area contributed by atoms with Crippen molar-refractivity contribution in [2.45, 2.75) is 6.92 Å². The van der Waals surface area contributed by atoms with E-state index >= 15 is 0 Å². The van der Waals surface area contributed by atoms with Crippen molar-refractivity contribution in [2.24, 2.45) is 0 Å². The van der Waals surface area contributed by atoms with Gasteiger partial charge in [-0.1, -0.05) is 35.3 Å². The first-order chi connectivity index (χ1) is 10.4. The summed E-state index contributed by atoms with van der Waals surface area (Å²) in [5.41, 5.74) is 1.26. The normalized spacial score (nSPS) is 10.1. The molecule has 0 bridgehead atoms. The molecule has 0 atom stereocenters. The van der Waals surface area contributed by atoms with E-state index in [1.807, 2.05) is 0 Å². The fraction of sp³-hybridized carbons (Fsp3) is 0.0714. The molecule has 0 aliphatic heterocycles. The predicted molar refractivity (Wildman–Crippen MR) is 86.9 cm³/mol. The maximum Gasteiger partial charge on any atom is 0.323 e. The molecule has 2 rings (SSSR count). The highest BCUT2D eigenvalue weighted by Crippen LogP contribution is 2.29. The van der Waals surface area contributed by atoms with Crippen molar-refractivity contribution in [1.29, 1.82) is 0 Å². The Morgan fingerprint density at radius 2 is 1.82 bits per heavy atom. The summed E-state index contributed by atoms with van der Waals surface area (Å²) in [4.78, 5) is 22.2. The van der Waals surface area contributed by atoms with Crippen LogP contribution < -0.4 is 10.6 Å². The topological polar surface area (TPSA) is 84.3 Å². The lowest BCUT2D eigenvalue weighted by Gasteiger charge is -2.11. The van der Waals surface area contributed by atoms with Crippen LogP contribution in [0.2, 0.25) is 10.0 Å². The fourth-order valence-corrected chi connectivity index (χ4v) is 2.08. The SMILES string of the molecule is Cc1ccc([N+](=O)[O-])cc1NC(=O)Nc1cccc(Cl)c1Cl. The lowest BCUT2D eigenvalue weighted by Crippen LogP contribution is -2.20. The second-order valence-corrected chi connectivity index (χ2v) is 5.22. The molecular formula is C14H11Cl2N3O3. The van der Waals surface area contributed by atoms with Gasteiger partial charge in [0, 0.05) is 12.1 Å². The third-order valence-electron chi connectivity index (χ3n) is 2.88.